The molecule has 3 rings (SSSR count). The number of hydrogen-bond acceptors (Lipinski definition) is 3. The number of hydrogen-bond donors (Lipinski definition) is 1. The number of carbonyl (C=O) groups is 2. The molecule has 6 heteroatoms. The van der Waals surface area contributed by atoms with E-state index in [-0.39, 0.29) is 24.1 Å². The summed E-state index contributed by atoms with van der Waals surface area (Å²) in [6.07, 6.45) is 3.97. The number of aryl methyl sites for hydroxylation is 1. The second kappa shape index (κ2) is 7.31. The SMILES string of the molecule is Cc1coc(CC(=O)O)c1C(=O)N1CCCCC1c1cccc(Cl)c1. The topological polar surface area (TPSA) is 70.7 Å². The van der Waals surface area contributed by atoms with Crippen LogP contribution in [0.1, 0.15) is 52.5 Å². The quantitative estimate of drug-likeness (QED) is 0.884. The van der Waals surface area contributed by atoms with E-state index in [1.807, 2.05) is 29.2 Å². The Balaban J connectivity index is 1.94. The molecule has 1 aromatic heterocycles. The van der Waals surface area contributed by atoms with Gasteiger partial charge in [0.1, 0.15) is 12.2 Å². The van der Waals surface area contributed by atoms with Crippen LogP contribution in [0.5, 0.6) is 0 Å². The summed E-state index contributed by atoms with van der Waals surface area (Å²) in [7, 11) is 0. The highest BCUT2D eigenvalue weighted by molar-refractivity contribution is 6.30. The van der Waals surface area contributed by atoms with Gasteiger partial charge < -0.3 is 14.4 Å². The number of nitrogens with zero attached hydrogens (tertiary/aromatic N) is 1. The highest BCUT2D eigenvalue weighted by Gasteiger charge is 2.32. The Bertz CT molecular complexity index is 798. The first-order valence-electron chi connectivity index (χ1n) is 8.32. The molecule has 1 aliphatic heterocycles. The first-order chi connectivity index (χ1) is 12.0. The van der Waals surface area contributed by atoms with Crippen LogP contribution < -0.4 is 0 Å². The minimum Gasteiger partial charge on any atom is -0.481 e. The number of amides is 1. The van der Waals surface area contributed by atoms with Gasteiger partial charge in [0.15, 0.2) is 0 Å². The third-order valence-corrected chi connectivity index (χ3v) is 4.81. The van der Waals surface area contributed by atoms with Crippen LogP contribution in [0.3, 0.4) is 0 Å². The third kappa shape index (κ3) is 3.71. The Labute approximate surface area is 151 Å². The fourth-order valence-corrected chi connectivity index (χ4v) is 3.63. The number of furan rings is 1. The molecule has 1 N–H and O–H groups in total. The summed E-state index contributed by atoms with van der Waals surface area (Å²) < 4.78 is 5.33. The van der Waals surface area contributed by atoms with Gasteiger partial charge in [-0.3, -0.25) is 9.59 Å². The van der Waals surface area contributed by atoms with Crippen molar-refractivity contribution in [2.24, 2.45) is 0 Å². The first-order valence-corrected chi connectivity index (χ1v) is 8.70. The van der Waals surface area contributed by atoms with Gasteiger partial charge in [-0.05, 0) is 43.9 Å². The molecule has 0 radical (unpaired) electrons. The van der Waals surface area contributed by atoms with Gasteiger partial charge in [-0.25, -0.2) is 0 Å². The van der Waals surface area contributed by atoms with Crippen molar-refractivity contribution in [1.82, 2.24) is 4.90 Å². The molecule has 132 valence electrons. The van der Waals surface area contributed by atoms with E-state index in [1.54, 1.807) is 6.92 Å². The summed E-state index contributed by atoms with van der Waals surface area (Å²) in [5.74, 6) is -0.981. The number of aliphatic carboxylic acids is 1. The lowest BCUT2D eigenvalue weighted by Gasteiger charge is -2.36. The fraction of sp³-hybridized carbons (Fsp3) is 0.368. The van der Waals surface area contributed by atoms with Gasteiger partial charge in [-0.2, -0.15) is 0 Å². The number of rotatable bonds is 4. The number of benzene rings is 1. The lowest BCUT2D eigenvalue weighted by molar-refractivity contribution is -0.136. The molecule has 1 amide bonds. The predicted octanol–water partition coefficient (Wildman–Crippen LogP) is 4.24. The summed E-state index contributed by atoms with van der Waals surface area (Å²) in [5.41, 5.74) is 2.04. The summed E-state index contributed by atoms with van der Waals surface area (Å²) >= 11 is 6.11. The van der Waals surface area contributed by atoms with Crippen molar-refractivity contribution in [1.29, 1.82) is 0 Å². The van der Waals surface area contributed by atoms with E-state index >= 15 is 0 Å². The van der Waals surface area contributed by atoms with Crippen LogP contribution >= 0.6 is 11.6 Å². The molecule has 1 atom stereocenters. The van der Waals surface area contributed by atoms with Gasteiger partial charge in [0.25, 0.3) is 5.91 Å². The highest BCUT2D eigenvalue weighted by atomic mass is 35.5. The van der Waals surface area contributed by atoms with Crippen molar-refractivity contribution in [3.05, 3.63) is 58.0 Å². The molecule has 1 aliphatic rings. The zero-order valence-electron chi connectivity index (χ0n) is 14.0. The van der Waals surface area contributed by atoms with E-state index in [2.05, 4.69) is 0 Å². The monoisotopic (exact) mass is 361 g/mol. The molecule has 0 spiro atoms. The molecule has 1 unspecified atom stereocenters. The van der Waals surface area contributed by atoms with E-state index in [9.17, 15) is 9.59 Å². The number of likely N-dealkylation sites (tertiary alicyclic amines) is 1. The predicted molar refractivity (Wildman–Crippen MR) is 93.9 cm³/mol. The normalized spacial score (nSPS) is 17.5. The molecule has 0 aliphatic carbocycles. The van der Waals surface area contributed by atoms with Crippen molar-refractivity contribution < 1.29 is 19.1 Å². The van der Waals surface area contributed by atoms with Crippen molar-refractivity contribution >= 4 is 23.5 Å². The molecule has 2 heterocycles. The molecular weight excluding hydrogens is 342 g/mol. The third-order valence-electron chi connectivity index (χ3n) is 4.57. The highest BCUT2D eigenvalue weighted by Crippen LogP contribution is 2.34. The first kappa shape index (κ1) is 17.5. The molecule has 5 nitrogen and oxygen atoms in total. The number of carboxylic acids is 1. The van der Waals surface area contributed by atoms with Crippen LogP contribution in [0.15, 0.2) is 34.9 Å². The van der Waals surface area contributed by atoms with Gasteiger partial charge in [-0.1, -0.05) is 23.7 Å². The van der Waals surface area contributed by atoms with E-state index in [1.165, 1.54) is 6.26 Å². The number of carboxylic acid groups (broad SMARTS) is 1. The fourth-order valence-electron chi connectivity index (χ4n) is 3.43. The van der Waals surface area contributed by atoms with Gasteiger partial charge in [0.2, 0.25) is 0 Å². The van der Waals surface area contributed by atoms with Gasteiger partial charge in [-0.15, -0.1) is 0 Å². The average Bonchev–Trinajstić information content (AvgIpc) is 2.94. The number of halogens is 1. The zero-order valence-corrected chi connectivity index (χ0v) is 14.8. The van der Waals surface area contributed by atoms with Crippen LogP contribution in [0, 0.1) is 6.92 Å². The molecular formula is C19H20ClNO4. The van der Waals surface area contributed by atoms with Crippen LogP contribution in [-0.2, 0) is 11.2 Å². The Hall–Kier alpha value is -2.27. The number of piperidine rings is 1. The van der Waals surface area contributed by atoms with E-state index in [0.717, 1.165) is 24.8 Å². The lowest BCUT2D eigenvalue weighted by atomic mass is 9.94. The minimum absolute atomic E-state index is 0.0630. The van der Waals surface area contributed by atoms with Crippen molar-refractivity contribution in [2.75, 3.05) is 6.54 Å². The standard InChI is InChI=1S/C19H20ClNO4/c1-12-11-25-16(10-17(22)23)18(12)19(24)21-8-3-2-7-15(21)13-5-4-6-14(20)9-13/h4-6,9,11,15H,2-3,7-8,10H2,1H3,(H,22,23). The molecule has 2 aromatic rings. The Morgan fingerprint density at radius 3 is 2.88 bits per heavy atom. The molecule has 1 fully saturated rings. The molecule has 0 bridgehead atoms. The van der Waals surface area contributed by atoms with Crippen molar-refractivity contribution in [3.63, 3.8) is 0 Å². The summed E-state index contributed by atoms with van der Waals surface area (Å²) in [6, 6.07) is 7.49. The van der Waals surface area contributed by atoms with Crippen LogP contribution in [-0.4, -0.2) is 28.4 Å². The van der Waals surface area contributed by atoms with Crippen molar-refractivity contribution in [2.45, 2.75) is 38.6 Å². The minimum atomic E-state index is -1.02. The Kier molecular flexibility index (Phi) is 5.13. The Morgan fingerprint density at radius 1 is 1.36 bits per heavy atom. The second-order valence-electron chi connectivity index (χ2n) is 6.35. The average molecular weight is 362 g/mol. The molecule has 1 aromatic carbocycles. The van der Waals surface area contributed by atoms with Gasteiger partial charge in [0, 0.05) is 17.1 Å². The van der Waals surface area contributed by atoms with E-state index in [4.69, 9.17) is 21.1 Å². The van der Waals surface area contributed by atoms with E-state index in [0.29, 0.717) is 22.7 Å². The van der Waals surface area contributed by atoms with Gasteiger partial charge in [0.05, 0.1) is 17.9 Å². The molecule has 1 saturated heterocycles. The Morgan fingerprint density at radius 2 is 2.16 bits per heavy atom. The molecule has 0 saturated carbocycles. The maximum atomic E-state index is 13.2. The van der Waals surface area contributed by atoms with E-state index < -0.39 is 5.97 Å². The second-order valence-corrected chi connectivity index (χ2v) is 6.79. The summed E-state index contributed by atoms with van der Waals surface area (Å²) in [5, 5.41) is 9.69. The largest absolute Gasteiger partial charge is 0.481 e. The smallest absolute Gasteiger partial charge is 0.311 e. The number of carbonyl (C=O) groups excluding carboxylic acids is 1. The summed E-state index contributed by atoms with van der Waals surface area (Å²) in [6.45, 7) is 2.40. The lowest BCUT2D eigenvalue weighted by Crippen LogP contribution is -2.39. The maximum Gasteiger partial charge on any atom is 0.311 e. The van der Waals surface area contributed by atoms with Crippen molar-refractivity contribution in [3.8, 4) is 0 Å². The van der Waals surface area contributed by atoms with Crippen LogP contribution in [0.4, 0.5) is 0 Å². The maximum absolute atomic E-state index is 13.2. The zero-order chi connectivity index (χ0) is 18.0. The van der Waals surface area contributed by atoms with Crippen LogP contribution in [0.25, 0.3) is 0 Å². The summed E-state index contributed by atoms with van der Waals surface area (Å²) in [4.78, 5) is 26.1. The van der Waals surface area contributed by atoms with Gasteiger partial charge >= 0.3 is 5.97 Å². The molecule has 25 heavy (non-hydrogen) atoms. The van der Waals surface area contributed by atoms with Crippen LogP contribution in [0.2, 0.25) is 5.02 Å².